The summed E-state index contributed by atoms with van der Waals surface area (Å²) in [5, 5.41) is 11.1. The number of nitrogens with zero attached hydrogens (tertiary/aromatic N) is 2. The van der Waals surface area contributed by atoms with Crippen LogP contribution in [0.3, 0.4) is 0 Å². The molecule has 1 heterocycles. The maximum absolute atomic E-state index is 12.5. The van der Waals surface area contributed by atoms with E-state index in [-0.39, 0.29) is 29.4 Å². The normalized spacial score (nSPS) is 10.5. The van der Waals surface area contributed by atoms with Crippen LogP contribution >= 0.6 is 0 Å². The number of aromatic nitrogens is 1. The smallest absolute Gasteiger partial charge is 0.337 e. The summed E-state index contributed by atoms with van der Waals surface area (Å²) in [6.07, 6.45) is 0. The summed E-state index contributed by atoms with van der Waals surface area (Å²) in [4.78, 5) is 34.6. The van der Waals surface area contributed by atoms with Crippen molar-refractivity contribution in [3.05, 3.63) is 56.9 Å². The molecule has 2 rings (SSSR count). The molecule has 138 valence electrons. The van der Waals surface area contributed by atoms with Crippen LogP contribution in [-0.4, -0.2) is 35.0 Å². The van der Waals surface area contributed by atoms with E-state index in [1.54, 1.807) is 6.07 Å². The third-order valence-corrected chi connectivity index (χ3v) is 4.13. The predicted molar refractivity (Wildman–Crippen MR) is 93.8 cm³/mol. The highest BCUT2D eigenvalue weighted by molar-refractivity contribution is 5.98. The molecule has 1 aromatic heterocycles. The fourth-order valence-electron chi connectivity index (χ4n) is 2.82. The monoisotopic (exact) mass is 360 g/mol. The fourth-order valence-corrected chi connectivity index (χ4v) is 2.82. The van der Waals surface area contributed by atoms with Crippen molar-refractivity contribution < 1.29 is 24.0 Å². The van der Waals surface area contributed by atoms with E-state index in [0.717, 1.165) is 24.0 Å². The molecule has 0 radical (unpaired) electrons. The van der Waals surface area contributed by atoms with Crippen LogP contribution in [0.25, 0.3) is 0 Å². The number of carbonyl (C=O) groups is 2. The van der Waals surface area contributed by atoms with Gasteiger partial charge >= 0.3 is 11.7 Å². The second-order valence-electron chi connectivity index (χ2n) is 5.67. The number of nitro benzene ring substituents is 1. The van der Waals surface area contributed by atoms with Gasteiger partial charge in [-0.2, -0.15) is 0 Å². The van der Waals surface area contributed by atoms with Crippen LogP contribution in [0.1, 0.15) is 39.0 Å². The quantitative estimate of drug-likeness (QED) is 0.325. The highest BCUT2D eigenvalue weighted by Gasteiger charge is 2.21. The standard InChI is InChI=1S/C18H20N2O6/c1-5-19-11(2)8-14(12(19)3)16(21)10-26-17-9-13(18(22)25-4)6-7-15(17)20(23)24/h6-9H,5,10H2,1-4H3. The molecule has 0 amide bonds. The van der Waals surface area contributed by atoms with Crippen LogP contribution in [0, 0.1) is 24.0 Å². The summed E-state index contributed by atoms with van der Waals surface area (Å²) in [5.74, 6) is -1.10. The third-order valence-electron chi connectivity index (χ3n) is 4.13. The van der Waals surface area contributed by atoms with Crippen molar-refractivity contribution in [2.75, 3.05) is 13.7 Å². The Kier molecular flexibility index (Phi) is 5.76. The number of carbonyl (C=O) groups excluding carboxylic acids is 2. The van der Waals surface area contributed by atoms with Crippen molar-refractivity contribution in [3.8, 4) is 5.75 Å². The Labute approximate surface area is 150 Å². The first kappa shape index (κ1) is 19.2. The molecule has 26 heavy (non-hydrogen) atoms. The molecule has 0 bridgehead atoms. The van der Waals surface area contributed by atoms with Gasteiger partial charge in [-0.25, -0.2) is 4.79 Å². The van der Waals surface area contributed by atoms with Gasteiger partial charge in [-0.05, 0) is 32.9 Å². The van der Waals surface area contributed by atoms with Gasteiger partial charge in [0.1, 0.15) is 0 Å². The largest absolute Gasteiger partial charge is 0.478 e. The van der Waals surface area contributed by atoms with Gasteiger partial charge in [0.2, 0.25) is 5.78 Å². The number of hydrogen-bond donors (Lipinski definition) is 0. The Balaban J connectivity index is 2.26. The van der Waals surface area contributed by atoms with E-state index >= 15 is 0 Å². The summed E-state index contributed by atoms with van der Waals surface area (Å²) in [6.45, 7) is 6.08. The maximum Gasteiger partial charge on any atom is 0.337 e. The first-order chi connectivity index (χ1) is 12.3. The Morgan fingerprint density at radius 3 is 2.46 bits per heavy atom. The second-order valence-corrected chi connectivity index (χ2v) is 5.67. The van der Waals surface area contributed by atoms with Crippen molar-refractivity contribution in [3.63, 3.8) is 0 Å². The van der Waals surface area contributed by atoms with Crippen molar-refractivity contribution >= 4 is 17.4 Å². The lowest BCUT2D eigenvalue weighted by atomic mass is 10.1. The minimum Gasteiger partial charge on any atom is -0.478 e. The molecule has 1 aromatic carbocycles. The summed E-state index contributed by atoms with van der Waals surface area (Å²) in [6, 6.07) is 5.39. The van der Waals surface area contributed by atoms with E-state index in [0.29, 0.717) is 5.56 Å². The van der Waals surface area contributed by atoms with Crippen molar-refractivity contribution in [1.29, 1.82) is 0 Å². The highest BCUT2D eigenvalue weighted by atomic mass is 16.6. The lowest BCUT2D eigenvalue weighted by Crippen LogP contribution is -2.14. The van der Waals surface area contributed by atoms with Crippen LogP contribution in [0.4, 0.5) is 5.69 Å². The SMILES string of the molecule is CCn1c(C)cc(C(=O)COc2cc(C(=O)OC)ccc2[N+](=O)[O-])c1C. The molecule has 8 heteroatoms. The number of Topliss-reactive ketones (excluding diaryl/α,β-unsaturated/α-hetero) is 1. The zero-order valence-corrected chi connectivity index (χ0v) is 15.1. The van der Waals surface area contributed by atoms with Crippen molar-refractivity contribution in [1.82, 2.24) is 4.57 Å². The molecule has 0 spiro atoms. The van der Waals surface area contributed by atoms with E-state index in [1.165, 1.54) is 19.2 Å². The van der Waals surface area contributed by atoms with E-state index in [2.05, 4.69) is 4.74 Å². The number of benzene rings is 1. The number of ketones is 1. The molecule has 0 aliphatic carbocycles. The fraction of sp³-hybridized carbons (Fsp3) is 0.333. The first-order valence-electron chi connectivity index (χ1n) is 7.99. The number of nitro groups is 1. The molecule has 0 atom stereocenters. The molecule has 0 saturated carbocycles. The van der Waals surface area contributed by atoms with Gasteiger partial charge in [0.05, 0.1) is 17.6 Å². The van der Waals surface area contributed by atoms with Gasteiger partial charge in [-0.15, -0.1) is 0 Å². The van der Waals surface area contributed by atoms with E-state index in [1.807, 2.05) is 25.3 Å². The van der Waals surface area contributed by atoms with Gasteiger partial charge in [0.15, 0.2) is 12.4 Å². The summed E-state index contributed by atoms with van der Waals surface area (Å²) >= 11 is 0. The molecule has 0 aliphatic rings. The topological polar surface area (TPSA) is 101 Å². The van der Waals surface area contributed by atoms with Crippen LogP contribution < -0.4 is 4.74 Å². The molecule has 8 nitrogen and oxygen atoms in total. The van der Waals surface area contributed by atoms with Crippen LogP contribution in [-0.2, 0) is 11.3 Å². The maximum atomic E-state index is 12.5. The molecular weight excluding hydrogens is 340 g/mol. The van der Waals surface area contributed by atoms with Gasteiger partial charge in [0, 0.05) is 35.6 Å². The van der Waals surface area contributed by atoms with Crippen molar-refractivity contribution in [2.24, 2.45) is 0 Å². The minimum atomic E-state index is -0.650. The van der Waals surface area contributed by atoms with Crippen LogP contribution in [0.2, 0.25) is 0 Å². The molecule has 0 unspecified atom stereocenters. The average molecular weight is 360 g/mol. The summed E-state index contributed by atoms with van der Waals surface area (Å²) in [7, 11) is 1.21. The molecule has 0 saturated heterocycles. The lowest BCUT2D eigenvalue weighted by Gasteiger charge is -2.08. The Morgan fingerprint density at radius 1 is 1.23 bits per heavy atom. The second kappa shape index (κ2) is 7.81. The van der Waals surface area contributed by atoms with Crippen molar-refractivity contribution in [2.45, 2.75) is 27.3 Å². The number of aryl methyl sites for hydroxylation is 1. The van der Waals surface area contributed by atoms with Crippen LogP contribution in [0.15, 0.2) is 24.3 Å². The lowest BCUT2D eigenvalue weighted by molar-refractivity contribution is -0.385. The minimum absolute atomic E-state index is 0.102. The highest BCUT2D eigenvalue weighted by Crippen LogP contribution is 2.28. The zero-order chi connectivity index (χ0) is 19.4. The van der Waals surface area contributed by atoms with Gasteiger partial charge < -0.3 is 14.0 Å². The third kappa shape index (κ3) is 3.74. The van der Waals surface area contributed by atoms with E-state index in [4.69, 9.17) is 4.74 Å². The molecule has 0 fully saturated rings. The zero-order valence-electron chi connectivity index (χ0n) is 15.1. The average Bonchev–Trinajstić information content (AvgIpc) is 2.92. The number of hydrogen-bond acceptors (Lipinski definition) is 6. The first-order valence-corrected chi connectivity index (χ1v) is 7.99. The van der Waals surface area contributed by atoms with E-state index < -0.39 is 10.9 Å². The van der Waals surface area contributed by atoms with Gasteiger partial charge in [0.25, 0.3) is 0 Å². The number of methoxy groups -OCH3 is 1. The predicted octanol–water partition coefficient (Wildman–Crippen LogP) is 3.08. The summed E-state index contributed by atoms with van der Waals surface area (Å²) < 4.78 is 12.0. The Bertz CT molecular complexity index is 869. The Hall–Kier alpha value is -3.16. The molecule has 0 N–H and O–H groups in total. The van der Waals surface area contributed by atoms with Gasteiger partial charge in [-0.1, -0.05) is 0 Å². The summed E-state index contributed by atoms with van der Waals surface area (Å²) in [5.41, 5.74) is 2.05. The Morgan fingerprint density at radius 2 is 1.92 bits per heavy atom. The van der Waals surface area contributed by atoms with Gasteiger partial charge in [-0.3, -0.25) is 14.9 Å². The molecule has 2 aromatic rings. The number of rotatable bonds is 7. The number of esters is 1. The van der Waals surface area contributed by atoms with E-state index in [9.17, 15) is 19.7 Å². The molecule has 0 aliphatic heterocycles. The molecular formula is C18H20N2O6. The van der Waals surface area contributed by atoms with Crippen LogP contribution in [0.5, 0.6) is 5.75 Å². The number of ether oxygens (including phenoxy) is 2.